The lowest BCUT2D eigenvalue weighted by Crippen LogP contribution is -3.12. The molecule has 0 aromatic heterocycles. The Morgan fingerprint density at radius 1 is 1.30 bits per heavy atom. The van der Waals surface area contributed by atoms with Gasteiger partial charge in [-0.25, -0.2) is 8.42 Å². The lowest BCUT2D eigenvalue weighted by atomic mass is 10.1. The fourth-order valence-electron chi connectivity index (χ4n) is 2.59. The van der Waals surface area contributed by atoms with Gasteiger partial charge in [-0.2, -0.15) is 0 Å². The van der Waals surface area contributed by atoms with E-state index < -0.39 is 10.0 Å². The van der Waals surface area contributed by atoms with Gasteiger partial charge in [-0.1, -0.05) is 6.08 Å². The molecule has 1 aliphatic heterocycles. The molecule has 1 aromatic carbocycles. The van der Waals surface area contributed by atoms with Gasteiger partial charge in [0.05, 0.1) is 51.7 Å². The number of hydrogen-bond donors (Lipinski definition) is 1. The maximum Gasteiger partial charge on any atom is 0.254 e. The van der Waals surface area contributed by atoms with Gasteiger partial charge in [0.2, 0.25) is 10.0 Å². The Labute approximate surface area is 138 Å². The number of amides is 1. The first-order valence-electron chi connectivity index (χ1n) is 7.62. The van der Waals surface area contributed by atoms with Gasteiger partial charge in [-0.15, -0.1) is 6.58 Å². The minimum Gasteiger partial charge on any atom is -0.334 e. The molecule has 7 heteroatoms. The zero-order valence-electron chi connectivity index (χ0n) is 13.7. The molecule has 1 aliphatic rings. The van der Waals surface area contributed by atoms with E-state index >= 15 is 0 Å². The number of likely N-dealkylation sites (N-methyl/N-ethyl adjacent to an activating group) is 1. The van der Waals surface area contributed by atoms with Gasteiger partial charge in [0.25, 0.3) is 5.91 Å². The minimum atomic E-state index is -3.38. The number of benzene rings is 1. The number of piperazine rings is 1. The molecular weight excluding hydrogens is 314 g/mol. The fraction of sp³-hybridized carbons (Fsp3) is 0.438. The predicted molar refractivity (Wildman–Crippen MR) is 91.4 cm³/mol. The predicted octanol–water partition coefficient (Wildman–Crippen LogP) is -0.391. The lowest BCUT2D eigenvalue weighted by molar-refractivity contribution is -0.883. The van der Waals surface area contributed by atoms with Crippen LogP contribution in [0.4, 0.5) is 5.69 Å². The molecule has 0 atom stereocenters. The molecule has 1 saturated heterocycles. The van der Waals surface area contributed by atoms with Crippen molar-refractivity contribution in [1.29, 1.82) is 0 Å². The molecular formula is C16H24N3O3S+. The van der Waals surface area contributed by atoms with Crippen molar-refractivity contribution in [2.75, 3.05) is 50.3 Å². The second-order valence-electron chi connectivity index (χ2n) is 5.88. The zero-order chi connectivity index (χ0) is 17.0. The van der Waals surface area contributed by atoms with Gasteiger partial charge in [0.15, 0.2) is 0 Å². The van der Waals surface area contributed by atoms with Gasteiger partial charge in [-0.05, 0) is 24.3 Å². The van der Waals surface area contributed by atoms with Crippen LogP contribution < -0.4 is 9.21 Å². The highest BCUT2D eigenvalue weighted by Gasteiger charge is 2.23. The number of carbonyl (C=O) groups is 1. The lowest BCUT2D eigenvalue weighted by Gasteiger charge is -2.30. The summed E-state index contributed by atoms with van der Waals surface area (Å²) in [7, 11) is -1.25. The van der Waals surface area contributed by atoms with E-state index in [0.717, 1.165) is 32.4 Å². The summed E-state index contributed by atoms with van der Waals surface area (Å²) in [5, 5.41) is 0. The Hall–Kier alpha value is -1.86. The maximum atomic E-state index is 12.5. The number of nitrogens with zero attached hydrogens (tertiary/aromatic N) is 2. The molecule has 1 aromatic rings. The van der Waals surface area contributed by atoms with Crippen molar-refractivity contribution in [3.05, 3.63) is 42.5 Å². The number of quaternary nitrogens is 1. The minimum absolute atomic E-state index is 0.00123. The fourth-order valence-corrected chi connectivity index (χ4v) is 3.47. The third kappa shape index (κ3) is 4.33. The molecule has 0 spiro atoms. The van der Waals surface area contributed by atoms with E-state index in [2.05, 4.69) is 13.6 Å². The molecule has 2 rings (SSSR count). The van der Waals surface area contributed by atoms with E-state index in [9.17, 15) is 13.2 Å². The van der Waals surface area contributed by atoms with E-state index in [4.69, 9.17) is 0 Å². The molecule has 126 valence electrons. The summed E-state index contributed by atoms with van der Waals surface area (Å²) in [6.07, 6.45) is 2.69. The smallest absolute Gasteiger partial charge is 0.254 e. The first-order chi connectivity index (χ1) is 10.8. The Balaban J connectivity index is 2.15. The van der Waals surface area contributed by atoms with Crippen molar-refractivity contribution in [3.8, 4) is 0 Å². The van der Waals surface area contributed by atoms with Gasteiger partial charge in [0, 0.05) is 5.56 Å². The van der Waals surface area contributed by atoms with Crippen molar-refractivity contribution in [2.45, 2.75) is 0 Å². The topological polar surface area (TPSA) is 62.1 Å². The highest BCUT2D eigenvalue weighted by atomic mass is 32.2. The van der Waals surface area contributed by atoms with Crippen LogP contribution in [0.3, 0.4) is 0 Å². The quantitative estimate of drug-likeness (QED) is 0.744. The molecule has 0 aliphatic carbocycles. The van der Waals surface area contributed by atoms with E-state index in [1.54, 1.807) is 24.3 Å². The third-order valence-electron chi connectivity index (χ3n) is 4.00. The number of rotatable bonds is 5. The monoisotopic (exact) mass is 338 g/mol. The van der Waals surface area contributed by atoms with Gasteiger partial charge < -0.3 is 9.80 Å². The second-order valence-corrected chi connectivity index (χ2v) is 7.79. The number of nitrogens with one attached hydrogen (secondary N) is 1. The number of hydrogen-bond acceptors (Lipinski definition) is 3. The van der Waals surface area contributed by atoms with Gasteiger partial charge >= 0.3 is 0 Å². The van der Waals surface area contributed by atoms with E-state index in [1.165, 1.54) is 15.3 Å². The van der Waals surface area contributed by atoms with E-state index in [-0.39, 0.29) is 12.5 Å². The van der Waals surface area contributed by atoms with Crippen LogP contribution in [-0.4, -0.2) is 65.3 Å². The van der Waals surface area contributed by atoms with Crippen molar-refractivity contribution in [1.82, 2.24) is 4.90 Å². The molecule has 1 amide bonds. The summed E-state index contributed by atoms with van der Waals surface area (Å²) >= 11 is 0. The summed E-state index contributed by atoms with van der Waals surface area (Å²) in [5.74, 6) is -0.00123. The van der Waals surface area contributed by atoms with Crippen LogP contribution >= 0.6 is 0 Å². The molecule has 0 radical (unpaired) electrons. The number of anilines is 1. The van der Waals surface area contributed by atoms with Crippen LogP contribution in [0.25, 0.3) is 0 Å². The zero-order valence-corrected chi connectivity index (χ0v) is 14.5. The number of sulfonamides is 1. The van der Waals surface area contributed by atoms with Crippen molar-refractivity contribution < 1.29 is 18.1 Å². The van der Waals surface area contributed by atoms with Crippen LogP contribution in [0.15, 0.2) is 36.9 Å². The van der Waals surface area contributed by atoms with Crippen molar-refractivity contribution >= 4 is 21.6 Å². The molecule has 1 heterocycles. The summed E-state index contributed by atoms with van der Waals surface area (Å²) in [6.45, 7) is 7.18. The first-order valence-corrected chi connectivity index (χ1v) is 9.47. The molecule has 0 bridgehead atoms. The molecule has 6 nitrogen and oxygen atoms in total. The van der Waals surface area contributed by atoms with Crippen molar-refractivity contribution in [2.24, 2.45) is 0 Å². The normalized spacial score (nSPS) is 16.2. The first kappa shape index (κ1) is 17.5. The summed E-state index contributed by atoms with van der Waals surface area (Å²) in [5.41, 5.74) is 1.12. The van der Waals surface area contributed by atoms with Gasteiger partial charge in [0.1, 0.15) is 0 Å². The van der Waals surface area contributed by atoms with E-state index in [1.807, 2.05) is 4.90 Å². The Kier molecular flexibility index (Phi) is 5.43. The average Bonchev–Trinajstić information content (AvgIpc) is 2.52. The maximum absolute atomic E-state index is 12.5. The summed E-state index contributed by atoms with van der Waals surface area (Å²) < 4.78 is 24.9. The Morgan fingerprint density at radius 3 is 2.35 bits per heavy atom. The Morgan fingerprint density at radius 2 is 1.87 bits per heavy atom. The number of carbonyl (C=O) groups excluding carboxylic acids is 1. The standard InChI is InChI=1S/C16H23N3O3S/c1-4-9-19(23(3,21)22)15-7-5-14(6-8-15)16(20)18-12-10-17(2)11-13-18/h4-8H,1,9-13H2,2-3H3/p+1. The van der Waals surface area contributed by atoms with Gasteiger partial charge in [-0.3, -0.25) is 9.10 Å². The van der Waals surface area contributed by atoms with E-state index in [0.29, 0.717) is 11.3 Å². The molecule has 0 saturated carbocycles. The summed E-state index contributed by atoms with van der Waals surface area (Å²) in [6, 6.07) is 6.70. The summed E-state index contributed by atoms with van der Waals surface area (Å²) in [4.78, 5) is 15.8. The molecule has 23 heavy (non-hydrogen) atoms. The highest BCUT2D eigenvalue weighted by molar-refractivity contribution is 7.92. The third-order valence-corrected chi connectivity index (χ3v) is 5.16. The van der Waals surface area contributed by atoms with Crippen LogP contribution in [0, 0.1) is 0 Å². The SMILES string of the molecule is C=CCN(c1ccc(C(=O)N2CC[NH+](C)CC2)cc1)S(C)(=O)=O. The van der Waals surface area contributed by atoms with Crippen LogP contribution in [0.5, 0.6) is 0 Å². The largest absolute Gasteiger partial charge is 0.334 e. The molecule has 1 N–H and O–H groups in total. The van der Waals surface area contributed by atoms with Crippen molar-refractivity contribution in [3.63, 3.8) is 0 Å². The average molecular weight is 338 g/mol. The molecule has 0 unspecified atom stereocenters. The Bertz CT molecular complexity index is 662. The second kappa shape index (κ2) is 7.14. The van der Waals surface area contributed by atoms with Crippen LogP contribution in [0.1, 0.15) is 10.4 Å². The van der Waals surface area contributed by atoms with Crippen LogP contribution in [-0.2, 0) is 10.0 Å². The van der Waals surface area contributed by atoms with Crippen LogP contribution in [0.2, 0.25) is 0 Å². The highest BCUT2D eigenvalue weighted by Crippen LogP contribution is 2.19. The molecule has 1 fully saturated rings.